The molecule has 0 aliphatic heterocycles. The van der Waals surface area contributed by atoms with Gasteiger partial charge in [-0.15, -0.1) is 0 Å². The molecular weight excluding hydrogens is 274 g/mol. The maximum Gasteiger partial charge on any atom is 0.221 e. The van der Waals surface area contributed by atoms with Gasteiger partial charge in [0.25, 0.3) is 0 Å². The standard InChI is InChI=1S/C18H19N3O/c1-12(22)21-16-5-3-4-13(8-16)14-6-7-17-15(10-19-2)11-20-18(17)9-14/h3-9,11,19-20H,10H2,1-2H3,(H,21,22). The van der Waals surface area contributed by atoms with Crippen LogP contribution in [0.1, 0.15) is 12.5 Å². The zero-order valence-corrected chi connectivity index (χ0v) is 12.7. The summed E-state index contributed by atoms with van der Waals surface area (Å²) in [4.78, 5) is 14.5. The number of nitrogens with one attached hydrogen (secondary N) is 3. The quantitative estimate of drug-likeness (QED) is 0.689. The Balaban J connectivity index is 1.98. The number of fused-ring (bicyclic) bond motifs is 1. The van der Waals surface area contributed by atoms with Crippen molar-refractivity contribution in [2.45, 2.75) is 13.5 Å². The van der Waals surface area contributed by atoms with E-state index < -0.39 is 0 Å². The third-order valence-corrected chi connectivity index (χ3v) is 3.65. The molecule has 1 heterocycles. The minimum Gasteiger partial charge on any atom is -0.361 e. The van der Waals surface area contributed by atoms with Crippen LogP contribution in [-0.4, -0.2) is 17.9 Å². The van der Waals surface area contributed by atoms with Crippen molar-refractivity contribution in [3.63, 3.8) is 0 Å². The highest BCUT2D eigenvalue weighted by Crippen LogP contribution is 2.27. The lowest BCUT2D eigenvalue weighted by Crippen LogP contribution is -2.05. The van der Waals surface area contributed by atoms with Crippen LogP contribution in [-0.2, 0) is 11.3 Å². The summed E-state index contributed by atoms with van der Waals surface area (Å²) in [6.07, 6.45) is 2.04. The van der Waals surface area contributed by atoms with Gasteiger partial charge in [0.1, 0.15) is 0 Å². The van der Waals surface area contributed by atoms with Gasteiger partial charge < -0.3 is 15.6 Å². The van der Waals surface area contributed by atoms with Gasteiger partial charge in [0.2, 0.25) is 5.91 Å². The van der Waals surface area contributed by atoms with E-state index in [1.54, 1.807) is 0 Å². The van der Waals surface area contributed by atoms with Crippen LogP contribution < -0.4 is 10.6 Å². The molecule has 0 radical (unpaired) electrons. The van der Waals surface area contributed by atoms with E-state index >= 15 is 0 Å². The lowest BCUT2D eigenvalue weighted by molar-refractivity contribution is -0.114. The van der Waals surface area contributed by atoms with Gasteiger partial charge in [-0.25, -0.2) is 0 Å². The van der Waals surface area contributed by atoms with Crippen molar-refractivity contribution in [3.8, 4) is 11.1 Å². The van der Waals surface area contributed by atoms with Crippen molar-refractivity contribution in [3.05, 3.63) is 54.2 Å². The lowest BCUT2D eigenvalue weighted by atomic mass is 10.0. The number of benzene rings is 2. The van der Waals surface area contributed by atoms with Crippen LogP contribution in [0, 0.1) is 0 Å². The molecule has 0 spiro atoms. The molecule has 22 heavy (non-hydrogen) atoms. The number of aromatic nitrogens is 1. The monoisotopic (exact) mass is 293 g/mol. The molecule has 3 aromatic rings. The predicted molar refractivity (Wildman–Crippen MR) is 90.8 cm³/mol. The molecule has 0 fully saturated rings. The molecule has 0 atom stereocenters. The van der Waals surface area contributed by atoms with Gasteiger partial charge in [-0.2, -0.15) is 0 Å². The molecule has 0 aliphatic rings. The molecule has 0 aliphatic carbocycles. The second-order valence-electron chi connectivity index (χ2n) is 5.37. The van der Waals surface area contributed by atoms with Crippen LogP contribution in [0.3, 0.4) is 0 Å². The number of hydrogen-bond donors (Lipinski definition) is 3. The first-order chi connectivity index (χ1) is 10.7. The number of aromatic amines is 1. The van der Waals surface area contributed by atoms with Crippen molar-refractivity contribution < 1.29 is 4.79 Å². The Bertz CT molecular complexity index is 820. The van der Waals surface area contributed by atoms with Gasteiger partial charge in [0.15, 0.2) is 0 Å². The zero-order chi connectivity index (χ0) is 15.5. The summed E-state index contributed by atoms with van der Waals surface area (Å²) in [5, 5.41) is 7.22. The van der Waals surface area contributed by atoms with E-state index in [0.29, 0.717) is 0 Å². The Kier molecular flexibility index (Phi) is 3.94. The van der Waals surface area contributed by atoms with Crippen LogP contribution in [0.15, 0.2) is 48.7 Å². The molecule has 4 nitrogen and oxygen atoms in total. The van der Waals surface area contributed by atoms with E-state index in [9.17, 15) is 4.79 Å². The Morgan fingerprint density at radius 1 is 1.14 bits per heavy atom. The Hall–Kier alpha value is -2.59. The first-order valence-corrected chi connectivity index (χ1v) is 7.30. The molecule has 1 amide bonds. The highest BCUT2D eigenvalue weighted by atomic mass is 16.1. The number of anilines is 1. The smallest absolute Gasteiger partial charge is 0.221 e. The second kappa shape index (κ2) is 6.03. The summed E-state index contributed by atoms with van der Waals surface area (Å²) in [6.45, 7) is 2.36. The normalized spacial score (nSPS) is 10.8. The molecule has 0 unspecified atom stereocenters. The SMILES string of the molecule is CNCc1c[nH]c2cc(-c3cccc(NC(C)=O)c3)ccc12. The largest absolute Gasteiger partial charge is 0.361 e. The summed E-state index contributed by atoms with van der Waals surface area (Å²) < 4.78 is 0. The van der Waals surface area contributed by atoms with E-state index in [1.165, 1.54) is 17.9 Å². The number of rotatable bonds is 4. The highest BCUT2D eigenvalue weighted by molar-refractivity contribution is 5.91. The van der Waals surface area contributed by atoms with Crippen molar-refractivity contribution in [1.29, 1.82) is 0 Å². The lowest BCUT2D eigenvalue weighted by Gasteiger charge is -2.07. The van der Waals surface area contributed by atoms with E-state index in [0.717, 1.165) is 28.9 Å². The zero-order valence-electron chi connectivity index (χ0n) is 12.7. The van der Waals surface area contributed by atoms with Crippen molar-refractivity contribution >= 4 is 22.5 Å². The average Bonchev–Trinajstić information content (AvgIpc) is 2.90. The molecule has 1 aromatic heterocycles. The summed E-state index contributed by atoms with van der Waals surface area (Å²) in [5.74, 6) is -0.0614. The summed E-state index contributed by atoms with van der Waals surface area (Å²) in [5.41, 5.74) is 5.40. The fourth-order valence-electron chi connectivity index (χ4n) is 2.68. The number of carbonyl (C=O) groups excluding carboxylic acids is 1. The molecule has 3 N–H and O–H groups in total. The topological polar surface area (TPSA) is 56.9 Å². The number of hydrogen-bond acceptors (Lipinski definition) is 2. The average molecular weight is 293 g/mol. The fourth-order valence-corrected chi connectivity index (χ4v) is 2.68. The Morgan fingerprint density at radius 2 is 1.95 bits per heavy atom. The molecule has 112 valence electrons. The summed E-state index contributed by atoms with van der Waals surface area (Å²) >= 11 is 0. The van der Waals surface area contributed by atoms with Crippen LogP contribution in [0.25, 0.3) is 22.0 Å². The maximum atomic E-state index is 11.2. The summed E-state index contributed by atoms with van der Waals surface area (Å²) in [7, 11) is 1.95. The number of carbonyl (C=O) groups is 1. The highest BCUT2D eigenvalue weighted by Gasteiger charge is 2.06. The minimum atomic E-state index is -0.0614. The number of amides is 1. The van der Waals surface area contributed by atoms with Crippen molar-refractivity contribution in [2.75, 3.05) is 12.4 Å². The molecule has 3 rings (SSSR count). The van der Waals surface area contributed by atoms with Gasteiger partial charge in [-0.05, 0) is 41.9 Å². The summed E-state index contributed by atoms with van der Waals surface area (Å²) in [6, 6.07) is 14.3. The molecule has 0 bridgehead atoms. The van der Waals surface area contributed by atoms with Crippen LogP contribution in [0.2, 0.25) is 0 Å². The molecule has 0 saturated heterocycles. The third-order valence-electron chi connectivity index (χ3n) is 3.65. The van der Waals surface area contributed by atoms with Crippen LogP contribution in [0.5, 0.6) is 0 Å². The molecule has 4 heteroatoms. The van der Waals surface area contributed by atoms with Gasteiger partial charge in [-0.3, -0.25) is 4.79 Å². The van der Waals surface area contributed by atoms with Gasteiger partial charge in [0.05, 0.1) is 0 Å². The first kappa shape index (κ1) is 14.4. The first-order valence-electron chi connectivity index (χ1n) is 7.30. The fraction of sp³-hybridized carbons (Fsp3) is 0.167. The third kappa shape index (κ3) is 2.87. The van der Waals surface area contributed by atoms with Crippen molar-refractivity contribution in [2.24, 2.45) is 0 Å². The van der Waals surface area contributed by atoms with E-state index in [-0.39, 0.29) is 5.91 Å². The molecule has 0 saturated carbocycles. The molecule has 2 aromatic carbocycles. The Labute approximate surface area is 129 Å². The van der Waals surface area contributed by atoms with Gasteiger partial charge >= 0.3 is 0 Å². The molecular formula is C18H19N3O. The van der Waals surface area contributed by atoms with Gasteiger partial charge in [-0.1, -0.05) is 24.3 Å². The van der Waals surface area contributed by atoms with E-state index in [4.69, 9.17) is 0 Å². The maximum absolute atomic E-state index is 11.2. The van der Waals surface area contributed by atoms with Gasteiger partial charge in [0, 0.05) is 36.3 Å². The van der Waals surface area contributed by atoms with Crippen LogP contribution in [0.4, 0.5) is 5.69 Å². The van der Waals surface area contributed by atoms with Crippen molar-refractivity contribution in [1.82, 2.24) is 10.3 Å². The van der Waals surface area contributed by atoms with E-state index in [2.05, 4.69) is 33.8 Å². The number of H-pyrrole nitrogens is 1. The second-order valence-corrected chi connectivity index (χ2v) is 5.37. The van der Waals surface area contributed by atoms with Crippen LogP contribution >= 0.6 is 0 Å². The minimum absolute atomic E-state index is 0.0614. The van der Waals surface area contributed by atoms with E-state index in [1.807, 2.05) is 37.5 Å². The predicted octanol–water partition coefficient (Wildman–Crippen LogP) is 3.51. The Morgan fingerprint density at radius 3 is 2.73 bits per heavy atom.